The lowest BCUT2D eigenvalue weighted by Gasteiger charge is -2.25. The SMILES string of the molecule is CCOC(=O)C(C)(CN)Cc1ncnn1CC(C)C. The summed E-state index contributed by atoms with van der Waals surface area (Å²) in [4.78, 5) is 16.2. The number of nitrogens with two attached hydrogens (primary N) is 1. The Morgan fingerprint density at radius 1 is 1.58 bits per heavy atom. The van der Waals surface area contributed by atoms with Crippen LogP contribution in [0, 0.1) is 11.3 Å². The van der Waals surface area contributed by atoms with Gasteiger partial charge in [0.05, 0.1) is 12.0 Å². The van der Waals surface area contributed by atoms with Crippen LogP contribution in [0.2, 0.25) is 0 Å². The molecule has 0 saturated heterocycles. The zero-order valence-electron chi connectivity index (χ0n) is 12.2. The highest BCUT2D eigenvalue weighted by atomic mass is 16.5. The second-order valence-corrected chi connectivity index (χ2v) is 5.41. The van der Waals surface area contributed by atoms with Crippen molar-refractivity contribution < 1.29 is 9.53 Å². The molecular formula is C13H24N4O2. The van der Waals surface area contributed by atoms with Gasteiger partial charge in [0.25, 0.3) is 0 Å². The molecule has 0 spiro atoms. The van der Waals surface area contributed by atoms with Gasteiger partial charge in [-0.1, -0.05) is 13.8 Å². The van der Waals surface area contributed by atoms with Crippen LogP contribution in [-0.2, 0) is 22.5 Å². The summed E-state index contributed by atoms with van der Waals surface area (Å²) in [5.74, 6) is 0.957. The van der Waals surface area contributed by atoms with Crippen molar-refractivity contribution in [1.82, 2.24) is 14.8 Å². The molecule has 1 atom stereocenters. The highest BCUT2D eigenvalue weighted by Gasteiger charge is 2.35. The van der Waals surface area contributed by atoms with E-state index in [0.29, 0.717) is 18.9 Å². The van der Waals surface area contributed by atoms with Gasteiger partial charge in [0.2, 0.25) is 0 Å². The van der Waals surface area contributed by atoms with Crippen LogP contribution in [-0.4, -0.2) is 33.9 Å². The van der Waals surface area contributed by atoms with Gasteiger partial charge in [0, 0.05) is 19.5 Å². The highest BCUT2D eigenvalue weighted by molar-refractivity contribution is 5.77. The zero-order chi connectivity index (χ0) is 14.5. The quantitative estimate of drug-likeness (QED) is 0.746. The molecular weight excluding hydrogens is 244 g/mol. The Morgan fingerprint density at radius 2 is 2.26 bits per heavy atom. The third kappa shape index (κ3) is 4.02. The second-order valence-electron chi connectivity index (χ2n) is 5.41. The van der Waals surface area contributed by atoms with Gasteiger partial charge in [0.15, 0.2) is 0 Å². The number of esters is 1. The smallest absolute Gasteiger partial charge is 0.313 e. The minimum absolute atomic E-state index is 0.223. The number of nitrogens with zero attached hydrogens (tertiary/aromatic N) is 3. The molecule has 1 aromatic rings. The van der Waals surface area contributed by atoms with E-state index in [1.165, 1.54) is 6.33 Å². The van der Waals surface area contributed by atoms with Crippen molar-refractivity contribution in [1.29, 1.82) is 0 Å². The van der Waals surface area contributed by atoms with Crippen LogP contribution in [0.25, 0.3) is 0 Å². The van der Waals surface area contributed by atoms with E-state index in [9.17, 15) is 4.79 Å². The van der Waals surface area contributed by atoms with E-state index in [0.717, 1.165) is 12.4 Å². The topological polar surface area (TPSA) is 83.0 Å². The minimum atomic E-state index is -0.752. The Hall–Kier alpha value is -1.43. The Bertz CT molecular complexity index is 417. The van der Waals surface area contributed by atoms with Crippen molar-refractivity contribution in [3.05, 3.63) is 12.2 Å². The number of hydrogen-bond acceptors (Lipinski definition) is 5. The molecule has 2 N–H and O–H groups in total. The van der Waals surface area contributed by atoms with Gasteiger partial charge in [-0.05, 0) is 19.8 Å². The van der Waals surface area contributed by atoms with E-state index >= 15 is 0 Å². The summed E-state index contributed by atoms with van der Waals surface area (Å²) in [7, 11) is 0. The molecule has 0 fully saturated rings. The molecule has 1 unspecified atom stereocenters. The molecule has 0 amide bonds. The monoisotopic (exact) mass is 268 g/mol. The first-order chi connectivity index (χ1) is 8.92. The molecule has 0 bridgehead atoms. The van der Waals surface area contributed by atoms with Crippen LogP contribution in [0.4, 0.5) is 0 Å². The van der Waals surface area contributed by atoms with Crippen molar-refractivity contribution in [2.75, 3.05) is 13.2 Å². The molecule has 0 aliphatic heterocycles. The fourth-order valence-electron chi connectivity index (χ4n) is 1.81. The highest BCUT2D eigenvalue weighted by Crippen LogP contribution is 2.22. The van der Waals surface area contributed by atoms with E-state index in [-0.39, 0.29) is 12.5 Å². The van der Waals surface area contributed by atoms with Crippen LogP contribution < -0.4 is 5.73 Å². The molecule has 6 nitrogen and oxygen atoms in total. The number of carbonyl (C=O) groups excluding carboxylic acids is 1. The van der Waals surface area contributed by atoms with Gasteiger partial charge in [-0.3, -0.25) is 4.79 Å². The summed E-state index contributed by atoms with van der Waals surface area (Å²) in [5, 5.41) is 4.19. The summed E-state index contributed by atoms with van der Waals surface area (Å²) in [6.07, 6.45) is 1.95. The number of ether oxygens (including phenoxy) is 1. The van der Waals surface area contributed by atoms with Gasteiger partial charge in [-0.25, -0.2) is 9.67 Å². The number of hydrogen-bond donors (Lipinski definition) is 1. The van der Waals surface area contributed by atoms with E-state index in [2.05, 4.69) is 23.9 Å². The lowest BCUT2D eigenvalue weighted by Crippen LogP contribution is -2.40. The maximum absolute atomic E-state index is 12.0. The lowest BCUT2D eigenvalue weighted by atomic mass is 9.86. The molecule has 0 aliphatic carbocycles. The molecule has 108 valence electrons. The van der Waals surface area contributed by atoms with Gasteiger partial charge in [-0.2, -0.15) is 5.10 Å². The van der Waals surface area contributed by atoms with Crippen molar-refractivity contribution in [2.45, 2.75) is 40.7 Å². The van der Waals surface area contributed by atoms with Crippen LogP contribution >= 0.6 is 0 Å². The third-order valence-corrected chi connectivity index (χ3v) is 3.00. The fourth-order valence-corrected chi connectivity index (χ4v) is 1.81. The number of carbonyl (C=O) groups is 1. The van der Waals surface area contributed by atoms with Gasteiger partial charge in [0.1, 0.15) is 12.2 Å². The van der Waals surface area contributed by atoms with Crippen molar-refractivity contribution >= 4 is 5.97 Å². The third-order valence-electron chi connectivity index (χ3n) is 3.00. The first kappa shape index (κ1) is 15.6. The molecule has 1 rings (SSSR count). The first-order valence-corrected chi connectivity index (χ1v) is 6.67. The normalized spacial score (nSPS) is 14.4. The predicted molar refractivity (Wildman–Crippen MR) is 72.4 cm³/mol. The molecule has 0 aliphatic rings. The lowest BCUT2D eigenvalue weighted by molar-refractivity contribution is -0.153. The Balaban J connectivity index is 2.86. The average Bonchev–Trinajstić information content (AvgIpc) is 2.75. The van der Waals surface area contributed by atoms with Gasteiger partial charge < -0.3 is 10.5 Å². The summed E-state index contributed by atoms with van der Waals surface area (Å²) in [6, 6.07) is 0. The molecule has 1 heterocycles. The summed E-state index contributed by atoms with van der Waals surface area (Å²) >= 11 is 0. The van der Waals surface area contributed by atoms with E-state index in [1.54, 1.807) is 13.8 Å². The molecule has 1 aromatic heterocycles. The molecule has 0 aromatic carbocycles. The van der Waals surface area contributed by atoms with Gasteiger partial charge >= 0.3 is 5.97 Å². The largest absolute Gasteiger partial charge is 0.466 e. The van der Waals surface area contributed by atoms with Crippen LogP contribution in [0.1, 0.15) is 33.5 Å². The average molecular weight is 268 g/mol. The summed E-state index contributed by atoms with van der Waals surface area (Å²) < 4.78 is 6.92. The number of rotatable bonds is 7. The van der Waals surface area contributed by atoms with Crippen LogP contribution in [0.15, 0.2) is 6.33 Å². The first-order valence-electron chi connectivity index (χ1n) is 6.67. The standard InChI is InChI=1S/C13H24N4O2/c1-5-19-12(18)13(4,8-14)6-11-15-9-16-17(11)7-10(2)3/h9-10H,5-8,14H2,1-4H3. The van der Waals surface area contributed by atoms with Crippen molar-refractivity contribution in [3.8, 4) is 0 Å². The van der Waals surface area contributed by atoms with E-state index in [1.807, 2.05) is 4.68 Å². The van der Waals surface area contributed by atoms with Crippen molar-refractivity contribution in [3.63, 3.8) is 0 Å². The van der Waals surface area contributed by atoms with Crippen LogP contribution in [0.3, 0.4) is 0 Å². The Labute approximate surface area is 114 Å². The van der Waals surface area contributed by atoms with Crippen molar-refractivity contribution in [2.24, 2.45) is 17.1 Å². The maximum Gasteiger partial charge on any atom is 0.313 e. The molecule has 19 heavy (non-hydrogen) atoms. The predicted octanol–water partition coefficient (Wildman–Crippen LogP) is 1.00. The van der Waals surface area contributed by atoms with Gasteiger partial charge in [-0.15, -0.1) is 0 Å². The Morgan fingerprint density at radius 3 is 2.79 bits per heavy atom. The molecule has 6 heteroatoms. The summed E-state index contributed by atoms with van der Waals surface area (Å²) in [5.41, 5.74) is 5.00. The zero-order valence-corrected chi connectivity index (χ0v) is 12.2. The number of aromatic nitrogens is 3. The summed E-state index contributed by atoms with van der Waals surface area (Å²) in [6.45, 7) is 9.17. The molecule has 0 radical (unpaired) electrons. The maximum atomic E-state index is 12.0. The molecule has 0 saturated carbocycles. The minimum Gasteiger partial charge on any atom is -0.466 e. The Kier molecular flexibility index (Phi) is 5.47. The van der Waals surface area contributed by atoms with Crippen LogP contribution in [0.5, 0.6) is 0 Å². The van der Waals surface area contributed by atoms with E-state index in [4.69, 9.17) is 10.5 Å². The van der Waals surface area contributed by atoms with E-state index < -0.39 is 5.41 Å². The fraction of sp³-hybridized carbons (Fsp3) is 0.769. The second kappa shape index (κ2) is 6.65.